The number of ether oxygens (including phenoxy) is 3. The Kier molecular flexibility index (Phi) is 6.35. The molecular weight excluding hydrogens is 578 g/mol. The summed E-state index contributed by atoms with van der Waals surface area (Å²) in [6.07, 6.45) is 8.24. The van der Waals surface area contributed by atoms with Gasteiger partial charge in [-0.05, 0) is 54.8 Å². The lowest BCUT2D eigenvalue weighted by Crippen LogP contribution is -2.56. The van der Waals surface area contributed by atoms with E-state index in [0.29, 0.717) is 17.2 Å². The van der Waals surface area contributed by atoms with Crippen LogP contribution in [-0.2, 0) is 25.7 Å². The largest absolute Gasteiger partial charge is 0.454 e. The van der Waals surface area contributed by atoms with Crippen LogP contribution in [0, 0.1) is 11.8 Å². The first-order valence-corrected chi connectivity index (χ1v) is 14.7. The van der Waals surface area contributed by atoms with Crippen molar-refractivity contribution >= 4 is 39.3 Å². The summed E-state index contributed by atoms with van der Waals surface area (Å²) in [5.74, 6) is -1.11. The predicted molar refractivity (Wildman–Crippen MR) is 148 cm³/mol. The Bertz CT molecular complexity index is 1390. The lowest BCUT2D eigenvalue weighted by molar-refractivity contribution is -0.142. The van der Waals surface area contributed by atoms with Gasteiger partial charge in [0, 0.05) is 22.7 Å². The van der Waals surface area contributed by atoms with Gasteiger partial charge in [0.15, 0.2) is 11.5 Å². The van der Waals surface area contributed by atoms with E-state index < -0.39 is 29.6 Å². The van der Waals surface area contributed by atoms with Crippen LogP contribution in [0.25, 0.3) is 0 Å². The van der Waals surface area contributed by atoms with Crippen LogP contribution >= 0.6 is 15.9 Å². The summed E-state index contributed by atoms with van der Waals surface area (Å²) in [6, 6.07) is 12.0. The number of hydrogen-bond donors (Lipinski definition) is 2. The average Bonchev–Trinajstić information content (AvgIpc) is 3.71. The Hall–Kier alpha value is -3.37. The third-order valence-electron chi connectivity index (χ3n) is 8.78. The number of halogens is 1. The molecule has 0 radical (unpaired) electrons. The summed E-state index contributed by atoms with van der Waals surface area (Å²) in [5.41, 5.74) is 0.223. The molecule has 0 aromatic heterocycles. The number of nitrogens with one attached hydrogen (secondary N) is 2. The Morgan fingerprint density at radius 1 is 1.00 bits per heavy atom. The highest BCUT2D eigenvalue weighted by atomic mass is 79.9. The molecule has 1 spiro atoms. The quantitative estimate of drug-likeness (QED) is 0.482. The number of amides is 3. The second kappa shape index (κ2) is 9.92. The number of carbonyl (C=O) groups excluding carboxylic acids is 3. The fourth-order valence-electron chi connectivity index (χ4n) is 6.96. The second-order valence-electron chi connectivity index (χ2n) is 11.2. The summed E-state index contributed by atoms with van der Waals surface area (Å²) in [5, 5.41) is 6.17. The Balaban J connectivity index is 1.21. The van der Waals surface area contributed by atoms with Gasteiger partial charge in [-0.2, -0.15) is 0 Å². The molecule has 1 aliphatic carbocycles. The van der Waals surface area contributed by atoms with E-state index in [0.717, 1.165) is 35.7 Å². The SMILES string of the molecule is O=C(Nc1ccc(Br)cc1)[C@H]1[C@@H]2C=C[C@]3(O2)[C@@H]1C(=O)N(Cc1ccc2c(c1)OCO2)[C@@H]3C(=O)NC1CCCCC1. The van der Waals surface area contributed by atoms with Crippen LogP contribution in [0.5, 0.6) is 11.5 Å². The first-order valence-electron chi connectivity index (χ1n) is 13.9. The van der Waals surface area contributed by atoms with E-state index in [1.54, 1.807) is 17.0 Å². The first kappa shape index (κ1) is 25.6. The van der Waals surface area contributed by atoms with Crippen LogP contribution in [0.3, 0.4) is 0 Å². The summed E-state index contributed by atoms with van der Waals surface area (Å²) < 4.78 is 18.3. The number of hydrogen-bond acceptors (Lipinski definition) is 6. The number of nitrogens with zero attached hydrogens (tertiary/aromatic N) is 1. The lowest BCUT2D eigenvalue weighted by Gasteiger charge is -2.34. The molecule has 5 atom stereocenters. The van der Waals surface area contributed by atoms with E-state index in [2.05, 4.69) is 26.6 Å². The van der Waals surface area contributed by atoms with Gasteiger partial charge < -0.3 is 29.7 Å². The van der Waals surface area contributed by atoms with E-state index in [4.69, 9.17) is 14.2 Å². The van der Waals surface area contributed by atoms with Crippen molar-refractivity contribution in [3.8, 4) is 11.5 Å². The Morgan fingerprint density at radius 3 is 2.58 bits per heavy atom. The number of anilines is 1. The van der Waals surface area contributed by atoms with Crippen molar-refractivity contribution in [3.05, 3.63) is 64.7 Å². The third-order valence-corrected chi connectivity index (χ3v) is 9.31. The molecular formula is C30H30BrN3O6. The van der Waals surface area contributed by atoms with Crippen molar-refractivity contribution in [3.63, 3.8) is 0 Å². The monoisotopic (exact) mass is 607 g/mol. The van der Waals surface area contributed by atoms with Crippen LogP contribution in [-0.4, -0.2) is 53.2 Å². The van der Waals surface area contributed by atoms with E-state index in [1.807, 2.05) is 42.5 Å². The van der Waals surface area contributed by atoms with Gasteiger partial charge in [0.1, 0.15) is 11.6 Å². The van der Waals surface area contributed by atoms with Crippen LogP contribution in [0.1, 0.15) is 37.7 Å². The lowest BCUT2D eigenvalue weighted by atomic mass is 9.74. The average molecular weight is 608 g/mol. The molecule has 9 nitrogen and oxygen atoms in total. The Labute approximate surface area is 240 Å². The van der Waals surface area contributed by atoms with Crippen molar-refractivity contribution in [2.45, 2.75) is 62.4 Å². The first-order chi connectivity index (χ1) is 19.4. The number of carbonyl (C=O) groups is 3. The number of benzene rings is 2. The van der Waals surface area contributed by atoms with E-state index in [-0.39, 0.29) is 37.1 Å². The molecule has 7 rings (SSSR count). The highest BCUT2D eigenvalue weighted by Gasteiger charge is 2.72. The van der Waals surface area contributed by atoms with E-state index >= 15 is 0 Å². The smallest absolute Gasteiger partial charge is 0.246 e. The number of rotatable bonds is 6. The molecule has 2 aromatic rings. The van der Waals surface area contributed by atoms with Crippen LogP contribution in [0.15, 0.2) is 59.1 Å². The van der Waals surface area contributed by atoms with Gasteiger partial charge in [0.05, 0.1) is 17.9 Å². The minimum atomic E-state index is -1.21. The zero-order chi connectivity index (χ0) is 27.4. The molecule has 10 heteroatoms. The van der Waals surface area contributed by atoms with Gasteiger partial charge in [-0.25, -0.2) is 0 Å². The zero-order valence-corrected chi connectivity index (χ0v) is 23.4. The molecule has 2 saturated heterocycles. The van der Waals surface area contributed by atoms with Gasteiger partial charge >= 0.3 is 0 Å². The van der Waals surface area contributed by atoms with Crippen molar-refractivity contribution in [1.29, 1.82) is 0 Å². The molecule has 5 aliphatic rings. The highest BCUT2D eigenvalue weighted by molar-refractivity contribution is 9.10. The minimum absolute atomic E-state index is 0.0679. The predicted octanol–water partition coefficient (Wildman–Crippen LogP) is 3.92. The van der Waals surface area contributed by atoms with Crippen LogP contribution in [0.2, 0.25) is 0 Å². The van der Waals surface area contributed by atoms with E-state index in [1.165, 1.54) is 6.42 Å². The minimum Gasteiger partial charge on any atom is -0.454 e. The topological polar surface area (TPSA) is 106 Å². The summed E-state index contributed by atoms with van der Waals surface area (Å²) in [7, 11) is 0. The van der Waals surface area contributed by atoms with Crippen molar-refractivity contribution in [2.24, 2.45) is 11.8 Å². The molecule has 3 fully saturated rings. The molecule has 1 saturated carbocycles. The molecule has 2 bridgehead atoms. The highest BCUT2D eigenvalue weighted by Crippen LogP contribution is 2.55. The zero-order valence-electron chi connectivity index (χ0n) is 21.8. The normalized spacial score (nSPS) is 30.0. The molecule has 4 heterocycles. The van der Waals surface area contributed by atoms with Gasteiger partial charge in [-0.15, -0.1) is 0 Å². The molecule has 2 N–H and O–H groups in total. The number of fused-ring (bicyclic) bond motifs is 2. The molecule has 4 aliphatic heterocycles. The van der Waals surface area contributed by atoms with Gasteiger partial charge in [-0.1, -0.05) is 53.4 Å². The third kappa shape index (κ3) is 4.19. The maximum atomic E-state index is 14.2. The Morgan fingerprint density at radius 2 is 1.77 bits per heavy atom. The van der Waals surface area contributed by atoms with Crippen molar-refractivity contribution in [2.75, 3.05) is 12.1 Å². The fraction of sp³-hybridized carbons (Fsp3) is 0.433. The van der Waals surface area contributed by atoms with Gasteiger partial charge in [0.25, 0.3) is 0 Å². The summed E-state index contributed by atoms with van der Waals surface area (Å²) >= 11 is 3.41. The van der Waals surface area contributed by atoms with Crippen molar-refractivity contribution < 1.29 is 28.6 Å². The van der Waals surface area contributed by atoms with Crippen LogP contribution < -0.4 is 20.1 Å². The van der Waals surface area contributed by atoms with Gasteiger partial charge in [0.2, 0.25) is 24.5 Å². The van der Waals surface area contributed by atoms with Crippen molar-refractivity contribution in [1.82, 2.24) is 10.2 Å². The van der Waals surface area contributed by atoms with E-state index in [9.17, 15) is 14.4 Å². The summed E-state index contributed by atoms with van der Waals surface area (Å²) in [6.45, 7) is 0.327. The second-order valence-corrected chi connectivity index (χ2v) is 12.1. The number of likely N-dealkylation sites (tertiary alicyclic amines) is 1. The fourth-order valence-corrected chi connectivity index (χ4v) is 7.22. The molecule has 2 aromatic carbocycles. The molecule has 208 valence electrons. The van der Waals surface area contributed by atoms with Crippen LogP contribution in [0.4, 0.5) is 5.69 Å². The molecule has 0 unspecified atom stereocenters. The maximum Gasteiger partial charge on any atom is 0.246 e. The summed E-state index contributed by atoms with van der Waals surface area (Å²) in [4.78, 5) is 43.4. The molecule has 40 heavy (non-hydrogen) atoms. The van der Waals surface area contributed by atoms with Gasteiger partial charge in [-0.3, -0.25) is 14.4 Å². The standard InChI is InChI=1S/C30H30BrN3O6/c31-18-7-9-20(10-8-18)32-27(35)24-22-12-13-30(40-22)25(24)29(37)34(15-17-6-11-21-23(14-17)39-16-38-21)26(30)28(36)33-19-4-2-1-3-5-19/h6-14,19,22,24-26H,1-5,15-16H2,(H,32,35)(H,33,36)/t22-,24-,25-,26+,30-/m0/s1. The molecule has 3 amide bonds. The maximum absolute atomic E-state index is 14.2.